The maximum Gasteiger partial charge on any atom is 0.226 e. The number of aldehydes is 1. The van der Waals surface area contributed by atoms with E-state index in [1.54, 1.807) is 25.8 Å². The minimum atomic E-state index is -0.966. The van der Waals surface area contributed by atoms with E-state index < -0.39 is 10.9 Å². The molecule has 0 aliphatic carbocycles. The molecular formula is C14H24BNO3. The fraction of sp³-hybridized carbons (Fsp3) is 0.786. The lowest BCUT2D eigenvalue weighted by Gasteiger charge is -2.41. The first-order valence-corrected chi connectivity index (χ1v) is 6.47. The van der Waals surface area contributed by atoms with E-state index >= 15 is 0 Å². The summed E-state index contributed by atoms with van der Waals surface area (Å²) in [4.78, 5) is 35.7. The number of carbonyl (C=O) groups excluding carboxylic acids is 3. The van der Waals surface area contributed by atoms with Gasteiger partial charge < -0.3 is 14.5 Å². The molecule has 0 aromatic carbocycles. The number of nitrogens with zero attached hydrogens (tertiary/aromatic N) is 1. The first-order chi connectivity index (χ1) is 8.45. The lowest BCUT2D eigenvalue weighted by molar-refractivity contribution is -0.140. The van der Waals surface area contributed by atoms with Crippen LogP contribution in [0.15, 0.2) is 0 Å². The van der Waals surface area contributed by atoms with Crippen molar-refractivity contribution >= 4 is 25.8 Å². The molecule has 0 aliphatic rings. The van der Waals surface area contributed by atoms with Crippen molar-refractivity contribution in [1.29, 1.82) is 0 Å². The van der Waals surface area contributed by atoms with Crippen LogP contribution in [0.4, 0.5) is 0 Å². The summed E-state index contributed by atoms with van der Waals surface area (Å²) in [7, 11) is 7.66. The maximum absolute atomic E-state index is 12.2. The molecule has 0 heterocycles. The zero-order valence-electron chi connectivity index (χ0n) is 12.8. The molecule has 19 heavy (non-hydrogen) atoms. The van der Waals surface area contributed by atoms with Crippen LogP contribution in [0.25, 0.3) is 0 Å². The Morgan fingerprint density at radius 2 is 1.79 bits per heavy atom. The number of hydrogen-bond acceptors (Lipinski definition) is 3. The SMILES string of the molecule is [B]C(C)(CC(C)(C)N(C)C(=O)C(C)CC=O)C(C)=O. The van der Waals surface area contributed by atoms with Crippen molar-refractivity contribution in [3.8, 4) is 0 Å². The molecule has 0 bridgehead atoms. The van der Waals surface area contributed by atoms with Gasteiger partial charge in [0.2, 0.25) is 5.91 Å². The fourth-order valence-electron chi connectivity index (χ4n) is 2.02. The number of amides is 1. The Hall–Kier alpha value is -1.13. The predicted octanol–water partition coefficient (Wildman–Crippen LogP) is 1.77. The molecule has 0 N–H and O–H groups in total. The molecule has 106 valence electrons. The summed E-state index contributed by atoms with van der Waals surface area (Å²) >= 11 is 0. The summed E-state index contributed by atoms with van der Waals surface area (Å²) in [5, 5.41) is -0.966. The van der Waals surface area contributed by atoms with Crippen LogP contribution in [0.5, 0.6) is 0 Å². The van der Waals surface area contributed by atoms with Crippen molar-refractivity contribution in [3.05, 3.63) is 0 Å². The number of carbonyl (C=O) groups is 3. The molecule has 5 heteroatoms. The van der Waals surface area contributed by atoms with E-state index in [1.807, 2.05) is 13.8 Å². The molecular weight excluding hydrogens is 241 g/mol. The predicted molar refractivity (Wildman–Crippen MR) is 76.1 cm³/mol. The first-order valence-electron chi connectivity index (χ1n) is 6.47. The van der Waals surface area contributed by atoms with Gasteiger partial charge in [-0.15, -0.1) is 0 Å². The molecule has 2 atom stereocenters. The molecule has 2 unspecified atom stereocenters. The Bertz CT molecular complexity index is 364. The van der Waals surface area contributed by atoms with E-state index in [1.165, 1.54) is 6.92 Å². The summed E-state index contributed by atoms with van der Waals surface area (Å²) < 4.78 is 0. The van der Waals surface area contributed by atoms with Crippen LogP contribution in [0, 0.1) is 5.92 Å². The van der Waals surface area contributed by atoms with Crippen LogP contribution >= 0.6 is 0 Å². The highest BCUT2D eigenvalue weighted by Crippen LogP contribution is 2.35. The second-order valence-electron chi connectivity index (χ2n) is 6.16. The Morgan fingerprint density at radius 1 is 1.32 bits per heavy atom. The van der Waals surface area contributed by atoms with Gasteiger partial charge in [-0.25, -0.2) is 0 Å². The Labute approximate surface area is 117 Å². The van der Waals surface area contributed by atoms with Crippen LogP contribution in [0.3, 0.4) is 0 Å². The minimum Gasteiger partial charge on any atom is -0.340 e. The molecule has 0 saturated carbocycles. The lowest BCUT2D eigenvalue weighted by atomic mass is 9.61. The summed E-state index contributed by atoms with van der Waals surface area (Å²) in [6.07, 6.45) is 1.31. The van der Waals surface area contributed by atoms with Gasteiger partial charge in [-0.2, -0.15) is 0 Å². The third-order valence-corrected chi connectivity index (χ3v) is 3.71. The summed E-state index contributed by atoms with van der Waals surface area (Å²) in [5.41, 5.74) is -0.552. The quantitative estimate of drug-likeness (QED) is 0.520. The Morgan fingerprint density at radius 3 is 2.16 bits per heavy atom. The van der Waals surface area contributed by atoms with Crippen LogP contribution in [0.1, 0.15) is 47.5 Å². The topological polar surface area (TPSA) is 54.5 Å². The molecule has 0 aromatic rings. The lowest BCUT2D eigenvalue weighted by Crippen LogP contribution is -2.49. The summed E-state index contributed by atoms with van der Waals surface area (Å²) in [6.45, 7) is 8.58. The van der Waals surface area contributed by atoms with Crippen LogP contribution < -0.4 is 0 Å². The van der Waals surface area contributed by atoms with Crippen LogP contribution in [0.2, 0.25) is 5.31 Å². The monoisotopic (exact) mass is 265 g/mol. The van der Waals surface area contributed by atoms with E-state index in [0.717, 1.165) is 6.29 Å². The second-order valence-corrected chi connectivity index (χ2v) is 6.16. The molecule has 2 radical (unpaired) electrons. The van der Waals surface area contributed by atoms with Crippen LogP contribution in [-0.2, 0) is 14.4 Å². The van der Waals surface area contributed by atoms with Gasteiger partial charge in [0.05, 0.1) is 7.85 Å². The van der Waals surface area contributed by atoms with Gasteiger partial charge in [0, 0.05) is 24.9 Å². The van der Waals surface area contributed by atoms with Crippen LogP contribution in [-0.4, -0.2) is 43.3 Å². The number of Topliss-reactive ketones (excluding diaryl/α,β-unsaturated/α-hetero) is 1. The highest BCUT2D eigenvalue weighted by Gasteiger charge is 2.37. The highest BCUT2D eigenvalue weighted by molar-refractivity contribution is 6.27. The molecule has 0 rings (SSSR count). The molecule has 0 aromatic heterocycles. The Kier molecular flexibility index (Phi) is 5.98. The molecule has 0 spiro atoms. The molecule has 0 aliphatic heterocycles. The number of hydrogen-bond donors (Lipinski definition) is 0. The van der Waals surface area contributed by atoms with Gasteiger partial charge in [-0.3, -0.25) is 4.79 Å². The van der Waals surface area contributed by atoms with E-state index in [-0.39, 0.29) is 24.0 Å². The number of rotatable bonds is 7. The van der Waals surface area contributed by atoms with E-state index in [2.05, 4.69) is 0 Å². The average molecular weight is 265 g/mol. The van der Waals surface area contributed by atoms with Crippen molar-refractivity contribution in [2.24, 2.45) is 5.92 Å². The van der Waals surface area contributed by atoms with Crippen molar-refractivity contribution in [3.63, 3.8) is 0 Å². The first kappa shape index (κ1) is 17.9. The van der Waals surface area contributed by atoms with E-state index in [0.29, 0.717) is 6.42 Å². The molecule has 0 fully saturated rings. The normalized spacial score (nSPS) is 16.3. The fourth-order valence-corrected chi connectivity index (χ4v) is 2.02. The zero-order chi connectivity index (χ0) is 15.4. The average Bonchev–Trinajstić information content (AvgIpc) is 2.25. The standard InChI is InChI=1S/C14H24BNO3/c1-10(7-8-17)12(19)16(6)13(3,4)9-14(5,15)11(2)18/h8,10H,7,9H2,1-6H3. The van der Waals surface area contributed by atoms with E-state index in [9.17, 15) is 14.4 Å². The van der Waals surface area contributed by atoms with Gasteiger partial charge >= 0.3 is 0 Å². The third kappa shape index (κ3) is 4.81. The molecule has 4 nitrogen and oxygen atoms in total. The van der Waals surface area contributed by atoms with Crippen molar-refractivity contribution in [1.82, 2.24) is 4.90 Å². The van der Waals surface area contributed by atoms with Crippen molar-refractivity contribution in [2.45, 2.75) is 58.3 Å². The highest BCUT2D eigenvalue weighted by atomic mass is 16.2. The maximum atomic E-state index is 12.2. The second kappa shape index (κ2) is 6.35. The van der Waals surface area contributed by atoms with Gasteiger partial charge in [0.15, 0.2) is 0 Å². The van der Waals surface area contributed by atoms with Gasteiger partial charge in [0.1, 0.15) is 12.1 Å². The Balaban J connectivity index is 4.95. The van der Waals surface area contributed by atoms with Gasteiger partial charge in [-0.1, -0.05) is 13.8 Å². The minimum absolute atomic E-state index is 0.109. The smallest absolute Gasteiger partial charge is 0.226 e. The zero-order valence-corrected chi connectivity index (χ0v) is 12.8. The molecule has 0 saturated heterocycles. The van der Waals surface area contributed by atoms with Crippen molar-refractivity contribution in [2.75, 3.05) is 7.05 Å². The summed E-state index contributed by atoms with van der Waals surface area (Å²) in [6, 6.07) is 0. The van der Waals surface area contributed by atoms with Gasteiger partial charge in [-0.05, 0) is 32.5 Å². The third-order valence-electron chi connectivity index (χ3n) is 3.71. The summed E-state index contributed by atoms with van der Waals surface area (Å²) in [5.74, 6) is -0.582. The molecule has 1 amide bonds. The van der Waals surface area contributed by atoms with E-state index in [4.69, 9.17) is 7.85 Å². The largest absolute Gasteiger partial charge is 0.340 e. The van der Waals surface area contributed by atoms with Crippen molar-refractivity contribution < 1.29 is 14.4 Å². The van der Waals surface area contributed by atoms with Gasteiger partial charge in [0.25, 0.3) is 0 Å². The number of ketones is 1.